The number of hydrogen-bond donors (Lipinski definition) is 3. The molecule has 0 aliphatic carbocycles. The zero-order chi connectivity index (χ0) is 23.2. The van der Waals surface area contributed by atoms with E-state index < -0.39 is 15.6 Å². The van der Waals surface area contributed by atoms with Crippen molar-refractivity contribution in [3.63, 3.8) is 0 Å². The third-order valence-electron chi connectivity index (χ3n) is 5.27. The van der Waals surface area contributed by atoms with Gasteiger partial charge in [0.05, 0.1) is 17.7 Å². The van der Waals surface area contributed by atoms with E-state index in [0.29, 0.717) is 17.4 Å². The van der Waals surface area contributed by atoms with Crippen LogP contribution >= 0.6 is 15.9 Å². The predicted molar refractivity (Wildman–Crippen MR) is 131 cm³/mol. The minimum Gasteiger partial charge on any atom is -0.506 e. The Morgan fingerprint density at radius 1 is 1.00 bits per heavy atom. The molecular weight excluding hydrogens is 508 g/mol. The first-order valence-corrected chi connectivity index (χ1v) is 12.1. The van der Waals surface area contributed by atoms with Crippen molar-refractivity contribution in [1.82, 2.24) is 4.68 Å². The summed E-state index contributed by atoms with van der Waals surface area (Å²) in [7, 11) is -4.06. The first-order chi connectivity index (χ1) is 15.8. The van der Waals surface area contributed by atoms with Gasteiger partial charge in [0.15, 0.2) is 5.84 Å². The Labute approximate surface area is 197 Å². The van der Waals surface area contributed by atoms with Crippen molar-refractivity contribution in [2.75, 3.05) is 10.7 Å². The van der Waals surface area contributed by atoms with E-state index in [9.17, 15) is 18.3 Å². The number of sulfonamides is 1. The molecule has 0 unspecified atom stereocenters. The molecule has 0 atom stereocenters. The van der Waals surface area contributed by atoms with Crippen LogP contribution in [0, 0.1) is 0 Å². The molecule has 8 nitrogen and oxygen atoms in total. The Kier molecular flexibility index (Phi) is 5.18. The van der Waals surface area contributed by atoms with Gasteiger partial charge < -0.3 is 15.8 Å². The normalized spacial score (nSPS) is 14.3. The van der Waals surface area contributed by atoms with Crippen LogP contribution in [-0.2, 0) is 16.6 Å². The molecule has 1 aliphatic rings. The van der Waals surface area contributed by atoms with E-state index in [-0.39, 0.29) is 27.7 Å². The molecule has 10 heteroatoms. The van der Waals surface area contributed by atoms with Crippen LogP contribution in [0.2, 0.25) is 0 Å². The lowest BCUT2D eigenvalue weighted by Gasteiger charge is -2.21. The molecule has 4 aromatic rings. The first-order valence-electron chi connectivity index (χ1n) is 9.91. The second kappa shape index (κ2) is 8.05. The third kappa shape index (κ3) is 3.77. The van der Waals surface area contributed by atoms with Crippen molar-refractivity contribution in [3.8, 4) is 5.75 Å². The first kappa shape index (κ1) is 21.2. The smallest absolute Gasteiger partial charge is 0.286 e. The molecule has 0 amide bonds. The van der Waals surface area contributed by atoms with Crippen LogP contribution < -0.4 is 16.3 Å². The van der Waals surface area contributed by atoms with Gasteiger partial charge in [-0.2, -0.15) is 8.42 Å². The number of benzene rings is 3. The molecule has 3 N–H and O–H groups in total. The number of anilines is 1. The molecular formula is C23H17BrN4O4S. The second-order valence-electron chi connectivity index (χ2n) is 7.38. The molecule has 0 saturated carbocycles. The Morgan fingerprint density at radius 2 is 1.70 bits per heavy atom. The predicted octanol–water partition coefficient (Wildman–Crippen LogP) is 3.77. The Morgan fingerprint density at radius 3 is 2.48 bits per heavy atom. The molecule has 1 aromatic heterocycles. The summed E-state index contributed by atoms with van der Waals surface area (Å²) in [5.41, 5.74) is 3.86. The van der Waals surface area contributed by atoms with Gasteiger partial charge in [-0.25, -0.2) is 4.68 Å². The number of hydrogen-bond acceptors (Lipinski definition) is 6. The lowest BCUT2D eigenvalue weighted by atomic mass is 10.1. The summed E-state index contributed by atoms with van der Waals surface area (Å²) in [4.78, 5) is 13.5. The Hall–Kier alpha value is -3.63. The molecule has 1 aliphatic heterocycles. The van der Waals surface area contributed by atoms with Gasteiger partial charge in [0.1, 0.15) is 16.2 Å². The zero-order valence-corrected chi connectivity index (χ0v) is 19.4. The van der Waals surface area contributed by atoms with Crippen molar-refractivity contribution in [1.29, 1.82) is 0 Å². The Balaban J connectivity index is 1.67. The van der Waals surface area contributed by atoms with Gasteiger partial charge in [-0.3, -0.25) is 4.79 Å². The quantitative estimate of drug-likeness (QED) is 0.374. The number of aromatic hydroxyl groups is 1. The van der Waals surface area contributed by atoms with Gasteiger partial charge in [-0.1, -0.05) is 52.3 Å². The van der Waals surface area contributed by atoms with Crippen LogP contribution in [0.5, 0.6) is 5.75 Å². The number of nitrogens with one attached hydrogen (secondary N) is 2. The Bertz CT molecular complexity index is 1600. The van der Waals surface area contributed by atoms with Gasteiger partial charge in [0, 0.05) is 9.86 Å². The monoisotopic (exact) mass is 524 g/mol. The fraction of sp³-hybridized carbons (Fsp3) is 0.0435. The van der Waals surface area contributed by atoms with E-state index in [0.717, 1.165) is 10.0 Å². The largest absolute Gasteiger partial charge is 0.506 e. The second-order valence-corrected chi connectivity index (χ2v) is 9.87. The summed E-state index contributed by atoms with van der Waals surface area (Å²) in [6, 6.07) is 20.7. The van der Waals surface area contributed by atoms with Crippen LogP contribution in [0.4, 0.5) is 5.69 Å². The minimum absolute atomic E-state index is 0.00252. The highest BCUT2D eigenvalue weighted by atomic mass is 79.9. The number of nitrogens with zero attached hydrogens (tertiary/aromatic N) is 2. The van der Waals surface area contributed by atoms with Crippen LogP contribution in [0.25, 0.3) is 10.9 Å². The third-order valence-corrected chi connectivity index (χ3v) is 7.14. The fourth-order valence-electron chi connectivity index (χ4n) is 3.69. The number of halogens is 1. The fourth-order valence-corrected chi connectivity index (χ4v) is 5.08. The van der Waals surface area contributed by atoms with Gasteiger partial charge in [-0.05, 0) is 42.0 Å². The van der Waals surface area contributed by atoms with E-state index >= 15 is 0 Å². The molecule has 166 valence electrons. The van der Waals surface area contributed by atoms with Gasteiger partial charge in [0.25, 0.3) is 15.6 Å². The lowest BCUT2D eigenvalue weighted by molar-refractivity contribution is 0.478. The minimum atomic E-state index is -4.06. The van der Waals surface area contributed by atoms with Crippen molar-refractivity contribution in [3.05, 3.63) is 98.7 Å². The summed E-state index contributed by atoms with van der Waals surface area (Å²) >= 11 is 3.40. The molecule has 0 saturated heterocycles. The number of rotatable bonds is 4. The van der Waals surface area contributed by atoms with Crippen LogP contribution in [-0.4, -0.2) is 24.0 Å². The summed E-state index contributed by atoms with van der Waals surface area (Å²) in [5.74, 6) is -0.584. The molecule has 3 aromatic carbocycles. The molecule has 0 radical (unpaired) electrons. The zero-order valence-electron chi connectivity index (χ0n) is 17.0. The van der Waals surface area contributed by atoms with E-state index in [4.69, 9.17) is 0 Å². The molecule has 0 bridgehead atoms. The molecule has 5 rings (SSSR count). The topological polar surface area (TPSA) is 113 Å². The van der Waals surface area contributed by atoms with E-state index in [1.165, 1.54) is 10.7 Å². The highest BCUT2D eigenvalue weighted by Gasteiger charge is 2.29. The summed E-state index contributed by atoms with van der Waals surface area (Å²) < 4.78 is 31.5. The van der Waals surface area contributed by atoms with Crippen molar-refractivity contribution >= 4 is 48.4 Å². The average molecular weight is 525 g/mol. The highest BCUT2D eigenvalue weighted by Crippen LogP contribution is 2.31. The molecule has 0 fully saturated rings. The van der Waals surface area contributed by atoms with Gasteiger partial charge in [-0.15, -0.1) is 4.40 Å². The number of para-hydroxylation sites is 2. The summed E-state index contributed by atoms with van der Waals surface area (Å²) in [6.45, 7) is 0.322. The van der Waals surface area contributed by atoms with Crippen LogP contribution in [0.15, 0.2) is 91.4 Å². The van der Waals surface area contributed by atoms with Gasteiger partial charge >= 0.3 is 0 Å². The van der Waals surface area contributed by atoms with E-state index in [1.54, 1.807) is 42.5 Å². The van der Waals surface area contributed by atoms with Crippen molar-refractivity contribution in [2.24, 2.45) is 4.40 Å². The number of amidine groups is 1. The van der Waals surface area contributed by atoms with Crippen LogP contribution in [0.3, 0.4) is 0 Å². The molecule has 33 heavy (non-hydrogen) atoms. The highest BCUT2D eigenvalue weighted by molar-refractivity contribution is 9.10. The van der Waals surface area contributed by atoms with E-state index in [2.05, 4.69) is 31.1 Å². The number of pyridine rings is 1. The van der Waals surface area contributed by atoms with Crippen molar-refractivity contribution in [2.45, 2.75) is 11.4 Å². The summed E-state index contributed by atoms with van der Waals surface area (Å²) in [6.07, 6.45) is 0. The summed E-state index contributed by atoms with van der Waals surface area (Å²) in [5, 5.41) is 14.2. The number of fused-ring (bicyclic) bond motifs is 2. The maximum Gasteiger partial charge on any atom is 0.286 e. The van der Waals surface area contributed by atoms with Gasteiger partial charge in [0.2, 0.25) is 0 Å². The maximum absolute atomic E-state index is 13.5. The SMILES string of the molecule is O=c1c(C2=NS(=O)(=O)c3ccccc3N2)c(O)c2ccccc2n1NCc1ccc(Br)cc1. The average Bonchev–Trinajstić information content (AvgIpc) is 2.80. The van der Waals surface area contributed by atoms with Crippen LogP contribution in [0.1, 0.15) is 11.1 Å². The standard InChI is InChI=1S/C23H17BrN4O4S/c24-15-11-9-14(10-12-15)13-25-28-18-7-3-1-5-16(18)21(29)20(23(28)30)22-26-17-6-2-4-8-19(17)33(31,32)27-22/h1-12,25,29H,13H2,(H,26,27). The van der Waals surface area contributed by atoms with Crippen molar-refractivity contribution < 1.29 is 13.5 Å². The lowest BCUT2D eigenvalue weighted by Crippen LogP contribution is -2.36. The maximum atomic E-state index is 13.5. The number of aromatic nitrogens is 1. The van der Waals surface area contributed by atoms with E-state index in [1.807, 2.05) is 24.3 Å². The molecule has 2 heterocycles. The molecule has 0 spiro atoms.